The molecule has 0 radical (unpaired) electrons. The van der Waals surface area contributed by atoms with Gasteiger partial charge in [0.25, 0.3) is 0 Å². The van der Waals surface area contributed by atoms with Crippen molar-refractivity contribution < 1.29 is 14.3 Å². The standard InChI is InChI=1S/C13H22Cl2O3/c14-12(16)8-5-3-1-2-4-6-10-18-11-7-9-13(15)17/h1-11H2. The number of ether oxygens (including phenoxy) is 1. The van der Waals surface area contributed by atoms with Crippen LogP contribution in [0.25, 0.3) is 0 Å². The Morgan fingerprint density at radius 3 is 1.72 bits per heavy atom. The molecule has 0 saturated heterocycles. The average molecular weight is 297 g/mol. The molecule has 0 amide bonds. The maximum Gasteiger partial charge on any atom is 0.221 e. The van der Waals surface area contributed by atoms with Gasteiger partial charge < -0.3 is 4.74 Å². The molecule has 5 heteroatoms. The summed E-state index contributed by atoms with van der Waals surface area (Å²) in [4.78, 5) is 20.9. The second-order valence-electron chi connectivity index (χ2n) is 4.30. The minimum absolute atomic E-state index is 0.237. The zero-order valence-corrected chi connectivity index (χ0v) is 12.3. The van der Waals surface area contributed by atoms with Gasteiger partial charge in [-0.1, -0.05) is 25.7 Å². The Labute approximate surface area is 119 Å². The Morgan fingerprint density at radius 2 is 1.11 bits per heavy atom. The van der Waals surface area contributed by atoms with Crippen LogP contribution in [0.3, 0.4) is 0 Å². The first-order valence-electron chi connectivity index (χ1n) is 6.57. The van der Waals surface area contributed by atoms with Crippen molar-refractivity contribution in [2.45, 2.75) is 57.8 Å². The Bertz CT molecular complexity index is 208. The van der Waals surface area contributed by atoms with Crippen molar-refractivity contribution in [1.29, 1.82) is 0 Å². The SMILES string of the molecule is O=C(Cl)CCCCCCCCOCCCC(=O)Cl. The molecule has 0 fully saturated rings. The highest BCUT2D eigenvalue weighted by atomic mass is 35.5. The number of carbonyl (C=O) groups excluding carboxylic acids is 2. The van der Waals surface area contributed by atoms with Crippen molar-refractivity contribution in [2.24, 2.45) is 0 Å². The molecule has 0 atom stereocenters. The van der Waals surface area contributed by atoms with E-state index in [0.29, 0.717) is 25.9 Å². The van der Waals surface area contributed by atoms with E-state index in [-0.39, 0.29) is 10.5 Å². The number of halogens is 2. The summed E-state index contributed by atoms with van der Waals surface area (Å²) < 4.78 is 5.37. The third-order valence-corrected chi connectivity index (χ3v) is 2.95. The summed E-state index contributed by atoms with van der Waals surface area (Å²) in [6.45, 7) is 1.35. The molecule has 106 valence electrons. The fourth-order valence-corrected chi connectivity index (χ4v) is 1.86. The summed E-state index contributed by atoms with van der Waals surface area (Å²) in [6, 6.07) is 0. The molecule has 0 aromatic heterocycles. The fraction of sp³-hybridized carbons (Fsp3) is 0.846. The highest BCUT2D eigenvalue weighted by molar-refractivity contribution is 6.63. The first-order chi connectivity index (χ1) is 8.63. The Kier molecular flexibility index (Phi) is 13.2. The van der Waals surface area contributed by atoms with Crippen LogP contribution in [-0.4, -0.2) is 23.7 Å². The van der Waals surface area contributed by atoms with E-state index in [1.165, 1.54) is 6.42 Å². The lowest BCUT2D eigenvalue weighted by Gasteiger charge is -2.03. The van der Waals surface area contributed by atoms with E-state index in [2.05, 4.69) is 0 Å². The average Bonchev–Trinajstić information content (AvgIpc) is 2.29. The van der Waals surface area contributed by atoms with Crippen molar-refractivity contribution in [3.63, 3.8) is 0 Å². The molecule has 3 nitrogen and oxygen atoms in total. The molecule has 0 spiro atoms. The maximum atomic E-state index is 10.5. The van der Waals surface area contributed by atoms with Crippen LogP contribution in [0.2, 0.25) is 0 Å². The van der Waals surface area contributed by atoms with Crippen LogP contribution in [0.15, 0.2) is 0 Å². The first kappa shape index (κ1) is 17.9. The van der Waals surface area contributed by atoms with Crippen molar-refractivity contribution >= 4 is 33.7 Å². The Balaban J connectivity index is 2.99. The number of carbonyl (C=O) groups is 2. The van der Waals surface area contributed by atoms with Crippen LogP contribution >= 0.6 is 23.2 Å². The summed E-state index contributed by atoms with van der Waals surface area (Å²) in [5.74, 6) is 0. The van der Waals surface area contributed by atoms with E-state index in [1.807, 2.05) is 0 Å². The molecule has 0 aliphatic carbocycles. The normalized spacial score (nSPS) is 10.6. The topological polar surface area (TPSA) is 43.4 Å². The summed E-state index contributed by atoms with van der Waals surface area (Å²) in [6.07, 6.45) is 8.04. The predicted octanol–water partition coefficient (Wildman–Crippen LogP) is 4.04. The lowest BCUT2D eigenvalue weighted by Crippen LogP contribution is -1.99. The third kappa shape index (κ3) is 15.9. The third-order valence-electron chi connectivity index (χ3n) is 2.57. The van der Waals surface area contributed by atoms with E-state index < -0.39 is 0 Å². The van der Waals surface area contributed by atoms with Gasteiger partial charge in [0, 0.05) is 26.1 Å². The number of unbranched alkanes of at least 4 members (excludes halogenated alkanes) is 5. The van der Waals surface area contributed by atoms with E-state index in [1.54, 1.807) is 0 Å². The van der Waals surface area contributed by atoms with E-state index in [4.69, 9.17) is 27.9 Å². The highest BCUT2D eigenvalue weighted by Gasteiger charge is 1.97. The monoisotopic (exact) mass is 296 g/mol. The lowest BCUT2D eigenvalue weighted by molar-refractivity contribution is -0.112. The molecule has 0 aliphatic heterocycles. The summed E-state index contributed by atoms with van der Waals surface area (Å²) in [5, 5.41) is -0.534. The molecule has 0 unspecified atom stereocenters. The van der Waals surface area contributed by atoms with Gasteiger partial charge in [-0.15, -0.1) is 0 Å². The summed E-state index contributed by atoms with van der Waals surface area (Å²) in [7, 11) is 0. The maximum absolute atomic E-state index is 10.5. The molecule has 18 heavy (non-hydrogen) atoms. The fourth-order valence-electron chi connectivity index (χ4n) is 1.59. The number of hydrogen-bond acceptors (Lipinski definition) is 3. The van der Waals surface area contributed by atoms with Crippen LogP contribution in [0, 0.1) is 0 Å². The zero-order chi connectivity index (χ0) is 13.6. The molecule has 0 aliphatic rings. The number of hydrogen-bond donors (Lipinski definition) is 0. The lowest BCUT2D eigenvalue weighted by atomic mass is 10.1. The first-order valence-corrected chi connectivity index (χ1v) is 7.33. The molecule has 0 aromatic carbocycles. The number of rotatable bonds is 13. The Morgan fingerprint density at radius 1 is 0.667 bits per heavy atom. The van der Waals surface area contributed by atoms with E-state index in [0.717, 1.165) is 38.7 Å². The molecule has 0 N–H and O–H groups in total. The van der Waals surface area contributed by atoms with Crippen molar-refractivity contribution in [1.82, 2.24) is 0 Å². The van der Waals surface area contributed by atoms with Crippen LogP contribution in [0.4, 0.5) is 0 Å². The molecule has 0 heterocycles. The molecule has 0 bridgehead atoms. The van der Waals surface area contributed by atoms with Gasteiger partial charge in [0.15, 0.2) is 0 Å². The second kappa shape index (κ2) is 13.3. The Hall–Kier alpha value is -0.120. The zero-order valence-electron chi connectivity index (χ0n) is 10.8. The van der Waals surface area contributed by atoms with Crippen LogP contribution in [-0.2, 0) is 14.3 Å². The van der Waals surface area contributed by atoms with Crippen LogP contribution in [0.1, 0.15) is 57.8 Å². The van der Waals surface area contributed by atoms with E-state index >= 15 is 0 Å². The van der Waals surface area contributed by atoms with Gasteiger partial charge in [-0.3, -0.25) is 9.59 Å². The molecular weight excluding hydrogens is 275 g/mol. The second-order valence-corrected chi connectivity index (χ2v) is 5.14. The summed E-state index contributed by atoms with van der Waals surface area (Å²) in [5.41, 5.74) is 0. The van der Waals surface area contributed by atoms with Crippen LogP contribution < -0.4 is 0 Å². The highest BCUT2D eigenvalue weighted by Crippen LogP contribution is 2.08. The van der Waals surface area contributed by atoms with Crippen LogP contribution in [0.5, 0.6) is 0 Å². The van der Waals surface area contributed by atoms with Crippen molar-refractivity contribution in [3.05, 3.63) is 0 Å². The predicted molar refractivity (Wildman–Crippen MR) is 74.1 cm³/mol. The minimum atomic E-state index is -0.297. The van der Waals surface area contributed by atoms with Gasteiger partial charge in [0.1, 0.15) is 0 Å². The molecule has 0 saturated carbocycles. The van der Waals surface area contributed by atoms with Gasteiger partial charge in [-0.05, 0) is 42.5 Å². The quantitative estimate of drug-likeness (QED) is 0.380. The summed E-state index contributed by atoms with van der Waals surface area (Å²) >= 11 is 10.4. The van der Waals surface area contributed by atoms with Gasteiger partial charge in [-0.25, -0.2) is 0 Å². The van der Waals surface area contributed by atoms with Gasteiger partial charge >= 0.3 is 0 Å². The van der Waals surface area contributed by atoms with Crippen molar-refractivity contribution in [2.75, 3.05) is 13.2 Å². The van der Waals surface area contributed by atoms with E-state index in [9.17, 15) is 9.59 Å². The van der Waals surface area contributed by atoms with Crippen molar-refractivity contribution in [3.8, 4) is 0 Å². The largest absolute Gasteiger partial charge is 0.381 e. The molecule has 0 rings (SSSR count). The molecular formula is C13H22Cl2O3. The minimum Gasteiger partial charge on any atom is -0.381 e. The molecule has 0 aromatic rings. The van der Waals surface area contributed by atoms with Gasteiger partial charge in [0.2, 0.25) is 10.5 Å². The van der Waals surface area contributed by atoms with Gasteiger partial charge in [-0.2, -0.15) is 0 Å². The smallest absolute Gasteiger partial charge is 0.221 e. The van der Waals surface area contributed by atoms with Gasteiger partial charge in [0.05, 0.1) is 0 Å².